The van der Waals surface area contributed by atoms with Crippen LogP contribution in [0.2, 0.25) is 0 Å². The average Bonchev–Trinajstić information content (AvgIpc) is 3.22. The lowest BCUT2D eigenvalue weighted by atomic mass is 10.2. The molecule has 7 nitrogen and oxygen atoms in total. The first-order valence-corrected chi connectivity index (χ1v) is 9.83. The number of para-hydroxylation sites is 2. The number of ether oxygens (including phenoxy) is 2. The largest absolute Gasteiger partial charge is 0.495 e. The Morgan fingerprint density at radius 2 is 1.83 bits per heavy atom. The molecule has 0 aliphatic rings. The summed E-state index contributed by atoms with van der Waals surface area (Å²) in [6.45, 7) is 2.10. The molecule has 0 unspecified atom stereocenters. The number of hydrogen-bond donors (Lipinski definition) is 2. The summed E-state index contributed by atoms with van der Waals surface area (Å²) < 4.78 is 10.4. The number of amides is 1. The Labute approximate surface area is 172 Å². The van der Waals surface area contributed by atoms with E-state index in [-0.39, 0.29) is 5.69 Å². The summed E-state index contributed by atoms with van der Waals surface area (Å²) in [6.07, 6.45) is -0.991. The third-order valence-electron chi connectivity index (χ3n) is 4.02. The van der Waals surface area contributed by atoms with Crippen LogP contribution in [0.5, 0.6) is 5.75 Å². The van der Waals surface area contributed by atoms with Crippen LogP contribution in [0.25, 0.3) is 0 Å². The van der Waals surface area contributed by atoms with Crippen LogP contribution in [-0.2, 0) is 16.1 Å². The van der Waals surface area contributed by atoms with Crippen molar-refractivity contribution in [3.8, 4) is 5.75 Å². The van der Waals surface area contributed by atoms with Crippen LogP contribution < -0.4 is 15.4 Å². The molecule has 0 saturated heterocycles. The van der Waals surface area contributed by atoms with E-state index in [2.05, 4.69) is 15.6 Å². The number of thiazole rings is 1. The van der Waals surface area contributed by atoms with Crippen molar-refractivity contribution < 1.29 is 19.1 Å². The number of carbonyl (C=O) groups is 2. The maximum absolute atomic E-state index is 12.3. The molecule has 3 rings (SSSR count). The van der Waals surface area contributed by atoms with E-state index in [1.807, 2.05) is 30.3 Å². The number of rotatable bonds is 8. The number of benzene rings is 2. The van der Waals surface area contributed by atoms with Gasteiger partial charge in [0.25, 0.3) is 5.91 Å². The van der Waals surface area contributed by atoms with Crippen molar-refractivity contribution in [2.75, 3.05) is 17.7 Å². The normalized spacial score (nSPS) is 11.4. The van der Waals surface area contributed by atoms with Gasteiger partial charge in [0.05, 0.1) is 12.8 Å². The molecule has 150 valence electrons. The Morgan fingerprint density at radius 1 is 1.10 bits per heavy atom. The quantitative estimate of drug-likeness (QED) is 0.546. The topological polar surface area (TPSA) is 89.5 Å². The number of anilines is 2. The highest BCUT2D eigenvalue weighted by atomic mass is 32.1. The predicted octanol–water partition coefficient (Wildman–Crippen LogP) is 3.95. The predicted molar refractivity (Wildman–Crippen MR) is 112 cm³/mol. The monoisotopic (exact) mass is 411 g/mol. The Hall–Kier alpha value is -3.39. The molecule has 1 atom stereocenters. The van der Waals surface area contributed by atoms with Gasteiger partial charge in [0.1, 0.15) is 5.75 Å². The second-order valence-corrected chi connectivity index (χ2v) is 6.97. The fourth-order valence-electron chi connectivity index (χ4n) is 2.48. The van der Waals surface area contributed by atoms with Crippen molar-refractivity contribution in [1.29, 1.82) is 0 Å². The number of esters is 1. The van der Waals surface area contributed by atoms with Gasteiger partial charge in [-0.05, 0) is 24.6 Å². The van der Waals surface area contributed by atoms with E-state index in [1.165, 1.54) is 25.4 Å². The highest BCUT2D eigenvalue weighted by molar-refractivity contribution is 7.13. The molecule has 1 amide bonds. The van der Waals surface area contributed by atoms with E-state index in [9.17, 15) is 9.59 Å². The third kappa shape index (κ3) is 5.55. The van der Waals surface area contributed by atoms with Gasteiger partial charge in [-0.2, -0.15) is 0 Å². The molecule has 2 N–H and O–H groups in total. The van der Waals surface area contributed by atoms with Gasteiger partial charge in [-0.25, -0.2) is 9.78 Å². The van der Waals surface area contributed by atoms with E-state index in [4.69, 9.17) is 9.47 Å². The zero-order valence-electron chi connectivity index (χ0n) is 16.0. The highest BCUT2D eigenvalue weighted by Gasteiger charge is 2.21. The third-order valence-corrected chi connectivity index (χ3v) is 4.82. The molecule has 0 bridgehead atoms. The molecule has 0 radical (unpaired) electrons. The van der Waals surface area contributed by atoms with Crippen LogP contribution in [0.3, 0.4) is 0 Å². The van der Waals surface area contributed by atoms with Gasteiger partial charge in [-0.15, -0.1) is 11.3 Å². The molecule has 2 aromatic carbocycles. The molecule has 1 heterocycles. The molecule has 0 fully saturated rings. The van der Waals surface area contributed by atoms with Gasteiger partial charge in [0.15, 0.2) is 16.9 Å². The summed E-state index contributed by atoms with van der Waals surface area (Å²) >= 11 is 1.30. The smallest absolute Gasteiger partial charge is 0.358 e. The van der Waals surface area contributed by atoms with Crippen LogP contribution in [-0.4, -0.2) is 30.1 Å². The van der Waals surface area contributed by atoms with Gasteiger partial charge < -0.3 is 20.1 Å². The molecule has 1 aromatic heterocycles. The first kappa shape index (κ1) is 20.3. The second kappa shape index (κ2) is 9.70. The molecule has 0 saturated carbocycles. The van der Waals surface area contributed by atoms with Crippen molar-refractivity contribution >= 4 is 34.0 Å². The van der Waals surface area contributed by atoms with Crippen LogP contribution >= 0.6 is 11.3 Å². The zero-order valence-corrected chi connectivity index (χ0v) is 16.9. The van der Waals surface area contributed by atoms with E-state index >= 15 is 0 Å². The number of carbonyl (C=O) groups excluding carboxylic acids is 2. The fourth-order valence-corrected chi connectivity index (χ4v) is 3.16. The number of methoxy groups -OCH3 is 1. The first-order chi connectivity index (χ1) is 14.1. The van der Waals surface area contributed by atoms with E-state index in [0.29, 0.717) is 23.1 Å². The van der Waals surface area contributed by atoms with Crippen LogP contribution in [0.4, 0.5) is 10.8 Å². The van der Waals surface area contributed by atoms with Crippen LogP contribution in [0.15, 0.2) is 60.0 Å². The maximum Gasteiger partial charge on any atom is 0.358 e. The van der Waals surface area contributed by atoms with Gasteiger partial charge in [0, 0.05) is 11.9 Å². The van der Waals surface area contributed by atoms with Gasteiger partial charge >= 0.3 is 5.97 Å². The first-order valence-electron chi connectivity index (χ1n) is 8.95. The number of nitrogens with one attached hydrogen (secondary N) is 2. The molecule has 0 aliphatic carbocycles. The Kier molecular flexibility index (Phi) is 6.80. The summed E-state index contributed by atoms with van der Waals surface area (Å²) in [4.78, 5) is 28.9. The standard InChI is InChI=1S/C21H21N3O4S/c1-14(19(25)23-16-10-6-7-11-18(16)27-2)28-20(26)17-13-29-21(24-17)22-12-15-8-4-3-5-9-15/h3-11,13-14H,12H2,1-2H3,(H,22,24)(H,23,25)/t14-/m1/s1. The molecule has 3 aromatic rings. The van der Waals surface area contributed by atoms with Crippen LogP contribution in [0, 0.1) is 0 Å². The molecular formula is C21H21N3O4S. The minimum atomic E-state index is -0.991. The van der Waals surface area contributed by atoms with E-state index in [0.717, 1.165) is 5.56 Å². The molecule has 29 heavy (non-hydrogen) atoms. The minimum Gasteiger partial charge on any atom is -0.495 e. The van der Waals surface area contributed by atoms with Crippen molar-refractivity contribution in [3.05, 3.63) is 71.2 Å². The fraction of sp³-hybridized carbons (Fsp3) is 0.190. The maximum atomic E-state index is 12.3. The van der Waals surface area contributed by atoms with E-state index in [1.54, 1.807) is 29.6 Å². The summed E-state index contributed by atoms with van der Waals surface area (Å²) in [5.74, 6) is -0.592. The lowest BCUT2D eigenvalue weighted by Gasteiger charge is -2.14. The highest BCUT2D eigenvalue weighted by Crippen LogP contribution is 2.23. The van der Waals surface area contributed by atoms with Gasteiger partial charge in [-0.1, -0.05) is 42.5 Å². The van der Waals surface area contributed by atoms with E-state index < -0.39 is 18.0 Å². The number of hydrogen-bond acceptors (Lipinski definition) is 7. The summed E-state index contributed by atoms with van der Waals surface area (Å²) in [7, 11) is 1.51. The summed E-state index contributed by atoms with van der Waals surface area (Å²) in [6, 6.07) is 16.9. The molecule has 8 heteroatoms. The van der Waals surface area contributed by atoms with Gasteiger partial charge in [0.2, 0.25) is 0 Å². The van der Waals surface area contributed by atoms with Crippen molar-refractivity contribution in [2.45, 2.75) is 19.6 Å². The SMILES string of the molecule is COc1ccccc1NC(=O)[C@@H](C)OC(=O)c1csc(NCc2ccccc2)n1. The van der Waals surface area contributed by atoms with Crippen molar-refractivity contribution in [3.63, 3.8) is 0 Å². The molecular weight excluding hydrogens is 390 g/mol. The Morgan fingerprint density at radius 3 is 2.59 bits per heavy atom. The zero-order chi connectivity index (χ0) is 20.6. The Bertz CT molecular complexity index is 975. The lowest BCUT2D eigenvalue weighted by Crippen LogP contribution is -2.30. The lowest BCUT2D eigenvalue weighted by molar-refractivity contribution is -0.123. The Balaban J connectivity index is 1.54. The summed E-state index contributed by atoms with van der Waals surface area (Å²) in [5, 5.41) is 8.06. The van der Waals surface area contributed by atoms with Gasteiger partial charge in [-0.3, -0.25) is 4.79 Å². The molecule has 0 aliphatic heterocycles. The number of nitrogens with zero attached hydrogens (tertiary/aromatic N) is 1. The summed E-state index contributed by atoms with van der Waals surface area (Å²) in [5.41, 5.74) is 1.76. The average molecular weight is 411 g/mol. The van der Waals surface area contributed by atoms with Crippen LogP contribution in [0.1, 0.15) is 23.0 Å². The number of aromatic nitrogens is 1. The molecule has 0 spiro atoms. The second-order valence-electron chi connectivity index (χ2n) is 6.11. The van der Waals surface area contributed by atoms with Crippen molar-refractivity contribution in [1.82, 2.24) is 4.98 Å². The van der Waals surface area contributed by atoms with Crippen molar-refractivity contribution in [2.24, 2.45) is 0 Å². The minimum absolute atomic E-state index is 0.155.